The van der Waals surface area contributed by atoms with Gasteiger partial charge in [0, 0.05) is 28.0 Å². The third-order valence-corrected chi connectivity index (χ3v) is 6.90. The Balaban J connectivity index is 1.53. The molecule has 5 rings (SSSR count). The number of hydrogen-bond acceptors (Lipinski definition) is 8. The number of nitrogens with zero attached hydrogens (tertiary/aromatic N) is 4. The Bertz CT molecular complexity index is 1410. The number of aromatic nitrogens is 3. The predicted octanol–water partition coefficient (Wildman–Crippen LogP) is 4.04. The van der Waals surface area contributed by atoms with Crippen LogP contribution in [0.3, 0.4) is 0 Å². The smallest absolute Gasteiger partial charge is 0.404 e. The van der Waals surface area contributed by atoms with Crippen molar-refractivity contribution in [3.8, 4) is 5.69 Å². The fourth-order valence-corrected chi connectivity index (χ4v) is 4.89. The van der Waals surface area contributed by atoms with Crippen molar-refractivity contribution in [1.82, 2.24) is 20.2 Å². The van der Waals surface area contributed by atoms with Crippen molar-refractivity contribution < 1.29 is 27.9 Å². The summed E-state index contributed by atoms with van der Waals surface area (Å²) in [7, 11) is 0. The first kappa shape index (κ1) is 27.6. The van der Waals surface area contributed by atoms with Gasteiger partial charge in [-0.1, -0.05) is 35.3 Å². The van der Waals surface area contributed by atoms with E-state index >= 15 is 0 Å². The summed E-state index contributed by atoms with van der Waals surface area (Å²) in [5, 5.41) is 16.2. The first-order valence-electron chi connectivity index (χ1n) is 11.8. The van der Waals surface area contributed by atoms with Gasteiger partial charge in [-0.15, -0.1) is 0 Å². The van der Waals surface area contributed by atoms with Gasteiger partial charge in [0.25, 0.3) is 0 Å². The molecular formula is C25H23Cl2F3N6O3. The molecule has 2 aliphatic heterocycles. The largest absolute Gasteiger partial charge is 0.418 e. The fraction of sp³-hybridized carbons (Fsp3) is 0.320. The van der Waals surface area contributed by atoms with Crippen LogP contribution < -0.4 is 11.2 Å². The minimum Gasteiger partial charge on any atom is -0.404 e. The number of benzene rings is 2. The number of nitrogens with one attached hydrogen (secondary N) is 1. The van der Waals surface area contributed by atoms with E-state index in [2.05, 4.69) is 20.6 Å². The zero-order valence-electron chi connectivity index (χ0n) is 20.3. The molecule has 0 saturated carbocycles. The normalized spacial score (nSPS) is 25.8. The summed E-state index contributed by atoms with van der Waals surface area (Å²) < 4.78 is 48.7. The third kappa shape index (κ3) is 5.53. The van der Waals surface area contributed by atoms with Gasteiger partial charge in [-0.2, -0.15) is 23.8 Å². The summed E-state index contributed by atoms with van der Waals surface area (Å²) in [6.45, 7) is 1.78. The number of aliphatic imine (C=N–C) groups is 1. The molecule has 0 bridgehead atoms. The molecular weight excluding hydrogens is 560 g/mol. The molecule has 39 heavy (non-hydrogen) atoms. The van der Waals surface area contributed by atoms with Gasteiger partial charge in [-0.25, -0.2) is 9.67 Å². The van der Waals surface area contributed by atoms with Gasteiger partial charge < -0.3 is 15.6 Å². The highest BCUT2D eigenvalue weighted by atomic mass is 35.5. The zero-order valence-corrected chi connectivity index (χ0v) is 21.8. The van der Waals surface area contributed by atoms with Crippen LogP contribution in [-0.4, -0.2) is 57.0 Å². The van der Waals surface area contributed by atoms with Crippen molar-refractivity contribution in [1.29, 1.82) is 0 Å². The Morgan fingerprint density at radius 2 is 1.92 bits per heavy atom. The van der Waals surface area contributed by atoms with Crippen molar-refractivity contribution in [2.24, 2.45) is 10.7 Å². The molecule has 2 saturated heterocycles. The van der Waals surface area contributed by atoms with Crippen LogP contribution >= 0.6 is 23.2 Å². The van der Waals surface area contributed by atoms with E-state index in [4.69, 9.17) is 38.5 Å². The Morgan fingerprint density at radius 1 is 1.21 bits per heavy atom. The van der Waals surface area contributed by atoms with Crippen molar-refractivity contribution >= 4 is 35.0 Å². The van der Waals surface area contributed by atoms with Gasteiger partial charge in [0.1, 0.15) is 36.3 Å². The lowest BCUT2D eigenvalue weighted by atomic mass is 9.92. The number of hydrogen-bond donors (Lipinski definition) is 3. The van der Waals surface area contributed by atoms with Crippen LogP contribution in [-0.2, 0) is 15.8 Å². The molecule has 1 aromatic heterocycles. The lowest BCUT2D eigenvalue weighted by Gasteiger charge is -2.38. The summed E-state index contributed by atoms with van der Waals surface area (Å²) in [4.78, 5) is 14.5. The lowest BCUT2D eigenvalue weighted by molar-refractivity contribution is -0.169. The van der Waals surface area contributed by atoms with E-state index in [9.17, 15) is 18.3 Å². The number of aliphatic hydroxyl groups is 1. The summed E-state index contributed by atoms with van der Waals surface area (Å²) in [6.07, 6.45) is -5.69. The van der Waals surface area contributed by atoms with Crippen LogP contribution in [0, 0.1) is 6.92 Å². The van der Waals surface area contributed by atoms with Gasteiger partial charge >= 0.3 is 6.18 Å². The number of alkyl halides is 3. The minimum atomic E-state index is -4.70. The highest BCUT2D eigenvalue weighted by Gasteiger charge is 2.51. The number of halogens is 5. The zero-order chi connectivity index (χ0) is 27.9. The van der Waals surface area contributed by atoms with Crippen LogP contribution in [0.15, 0.2) is 53.7 Å². The van der Waals surface area contributed by atoms with Gasteiger partial charge in [-0.05, 0) is 42.8 Å². The second-order valence-electron chi connectivity index (χ2n) is 9.00. The quantitative estimate of drug-likeness (QED) is 0.388. The molecule has 0 radical (unpaired) electrons. The summed E-state index contributed by atoms with van der Waals surface area (Å²) in [6, 6.07) is 9.19. The van der Waals surface area contributed by atoms with Crippen molar-refractivity contribution in [3.63, 3.8) is 0 Å². The molecule has 3 heterocycles. The molecule has 9 nitrogen and oxygen atoms in total. The first-order valence-corrected chi connectivity index (χ1v) is 12.6. The molecule has 2 aromatic carbocycles. The number of nitrogens with two attached hydrogens (primary N) is 1. The summed E-state index contributed by atoms with van der Waals surface area (Å²) in [5.41, 5.74) is 8.54. The molecule has 14 heteroatoms. The number of rotatable bonds is 5. The van der Waals surface area contributed by atoms with Crippen molar-refractivity contribution in [2.45, 2.75) is 43.6 Å². The first-order chi connectivity index (χ1) is 18.6. The number of fused-ring (bicyclic) bond motifs is 1. The molecule has 4 N–H and O–H groups in total. The van der Waals surface area contributed by atoms with Crippen LogP contribution in [0.4, 0.5) is 13.2 Å². The maximum atomic E-state index is 13.9. The number of aryl methyl sites for hydroxylation is 1. The monoisotopic (exact) mass is 582 g/mol. The minimum absolute atomic E-state index is 0.0365. The van der Waals surface area contributed by atoms with Crippen molar-refractivity contribution in [3.05, 3.63) is 81.5 Å². The van der Waals surface area contributed by atoms with E-state index in [1.807, 2.05) is 0 Å². The maximum Gasteiger partial charge on any atom is 0.418 e. The Labute approximate surface area is 231 Å². The average molecular weight is 583 g/mol. The molecule has 0 amide bonds. The van der Waals surface area contributed by atoms with E-state index in [0.717, 1.165) is 28.4 Å². The topological polar surface area (TPSA) is 120 Å². The predicted molar refractivity (Wildman–Crippen MR) is 139 cm³/mol. The molecule has 3 aromatic rings. The molecule has 5 atom stereocenters. The summed E-state index contributed by atoms with van der Waals surface area (Å²) >= 11 is 12.0. The van der Waals surface area contributed by atoms with E-state index < -0.39 is 42.2 Å². The maximum absolute atomic E-state index is 13.9. The number of allylic oxidation sites excluding steroid dienone is 1. The van der Waals surface area contributed by atoms with Crippen LogP contribution in [0.25, 0.3) is 11.3 Å². The van der Waals surface area contributed by atoms with E-state index in [0.29, 0.717) is 10.6 Å². The highest BCUT2D eigenvalue weighted by molar-refractivity contribution is 6.31. The van der Waals surface area contributed by atoms with Crippen LogP contribution in [0.1, 0.15) is 28.9 Å². The number of ether oxygens (including phenoxy) is 1. The number of aliphatic hydroxyl groups excluding tert-OH is 1. The second-order valence-corrected chi connectivity index (χ2v) is 9.88. The Kier molecular flexibility index (Phi) is 7.68. The van der Waals surface area contributed by atoms with Crippen molar-refractivity contribution in [2.75, 3.05) is 6.54 Å². The molecule has 2 fully saturated rings. The molecule has 206 valence electrons. The summed E-state index contributed by atoms with van der Waals surface area (Å²) in [5.74, 6) is 0.138. The van der Waals surface area contributed by atoms with Crippen LogP contribution in [0.5, 0.6) is 0 Å². The highest BCUT2D eigenvalue weighted by Crippen LogP contribution is 2.39. The van der Waals surface area contributed by atoms with E-state index in [-0.39, 0.29) is 28.9 Å². The SMILES string of the molecule is Cc1nc(C2OC3CNOC3C(N=C/C(=C\N)c3ccc(Cl)cc3)C2O)n(-c2cc(Cl)ccc2C(F)(F)F)n1. The average Bonchev–Trinajstić information content (AvgIpc) is 3.51. The van der Waals surface area contributed by atoms with Gasteiger partial charge in [-0.3, -0.25) is 9.83 Å². The molecule has 0 aliphatic carbocycles. The van der Waals surface area contributed by atoms with Crippen LogP contribution in [0.2, 0.25) is 10.0 Å². The van der Waals surface area contributed by atoms with Gasteiger partial charge in [0.05, 0.1) is 17.8 Å². The number of hydroxylamine groups is 1. The van der Waals surface area contributed by atoms with E-state index in [1.54, 1.807) is 24.3 Å². The molecule has 0 spiro atoms. The third-order valence-electron chi connectivity index (χ3n) is 6.42. The fourth-order valence-electron chi connectivity index (χ4n) is 4.60. The lowest BCUT2D eigenvalue weighted by Crippen LogP contribution is -2.52. The standard InChI is InChI=1S/C25H23Cl2F3N6O3/c1-12-34-24(36(35-12)18-8-16(27)6-7-17(18)25(28,29)30)23-21(37)20(22-19(38-23)11-33-39-22)32-10-14(9-31)13-2-4-15(26)5-3-13/h2-10,19-23,33,37H,11,31H2,1H3/b14-9+,32-10?. The Morgan fingerprint density at radius 3 is 2.62 bits per heavy atom. The molecule has 5 unspecified atom stereocenters. The second kappa shape index (κ2) is 10.9. The molecule has 2 aliphatic rings. The van der Waals surface area contributed by atoms with Gasteiger partial charge in [0.15, 0.2) is 5.82 Å². The van der Waals surface area contributed by atoms with E-state index in [1.165, 1.54) is 19.3 Å². The Hall–Kier alpha value is -3.00. The van der Waals surface area contributed by atoms with Gasteiger partial charge in [0.2, 0.25) is 0 Å².